The van der Waals surface area contributed by atoms with Gasteiger partial charge in [0.1, 0.15) is 5.54 Å². The number of nitrogens with zero attached hydrogens (tertiary/aromatic N) is 4. The Labute approximate surface area is 173 Å². The molecule has 0 N–H and O–H groups in total. The number of hydrogen-bond donors (Lipinski definition) is 0. The van der Waals surface area contributed by atoms with Gasteiger partial charge in [0.2, 0.25) is 11.8 Å². The summed E-state index contributed by atoms with van der Waals surface area (Å²) in [6.45, 7) is 8.19. The van der Waals surface area contributed by atoms with E-state index in [9.17, 15) is 9.59 Å². The largest absolute Gasteiger partial charge is 0.342 e. The summed E-state index contributed by atoms with van der Waals surface area (Å²) in [6.07, 6.45) is 6.93. The minimum Gasteiger partial charge on any atom is -0.342 e. The first-order valence-electron chi connectivity index (χ1n) is 11.3. The van der Waals surface area contributed by atoms with Crippen molar-refractivity contribution in [2.45, 2.75) is 51.5 Å². The van der Waals surface area contributed by atoms with Crippen molar-refractivity contribution in [2.24, 2.45) is 17.8 Å². The molecule has 1 aromatic rings. The van der Waals surface area contributed by atoms with E-state index in [4.69, 9.17) is 0 Å². The van der Waals surface area contributed by atoms with Crippen LogP contribution in [-0.2, 0) is 9.59 Å². The Hall–Kier alpha value is -1.95. The van der Waals surface area contributed by atoms with Gasteiger partial charge < -0.3 is 9.80 Å². The van der Waals surface area contributed by atoms with Crippen molar-refractivity contribution in [3.05, 3.63) is 24.0 Å². The van der Waals surface area contributed by atoms with Gasteiger partial charge in [0.05, 0.1) is 11.9 Å². The number of carbonyl (C=O) groups is 2. The van der Waals surface area contributed by atoms with E-state index in [1.165, 1.54) is 12.8 Å². The standard InChI is InChI=1S/C23H32N4O2/c1-16-13-20(16)21(28)25-9-7-23(8-10-25)22(29)27(19-6-3-17(2)24-14-19)12-11-26(23)15-18-4-5-18/h3,6,14,16,18,20H,4-5,7-13,15H2,1-2H3/t16-,20-/m0/s1. The highest BCUT2D eigenvalue weighted by molar-refractivity contribution is 6.01. The Morgan fingerprint density at radius 2 is 1.90 bits per heavy atom. The van der Waals surface area contributed by atoms with Crippen molar-refractivity contribution >= 4 is 17.5 Å². The van der Waals surface area contributed by atoms with Crippen LogP contribution in [0.25, 0.3) is 0 Å². The lowest BCUT2D eigenvalue weighted by molar-refractivity contribution is -0.144. The van der Waals surface area contributed by atoms with E-state index in [2.05, 4.69) is 16.8 Å². The van der Waals surface area contributed by atoms with Gasteiger partial charge in [-0.05, 0) is 63.0 Å². The van der Waals surface area contributed by atoms with Gasteiger partial charge in [-0.15, -0.1) is 0 Å². The zero-order chi connectivity index (χ0) is 20.2. The second-order valence-electron chi connectivity index (χ2n) is 9.68. The highest BCUT2D eigenvalue weighted by Gasteiger charge is 2.53. The van der Waals surface area contributed by atoms with Gasteiger partial charge in [0.15, 0.2) is 0 Å². The van der Waals surface area contributed by atoms with E-state index >= 15 is 0 Å². The Kier molecular flexibility index (Phi) is 4.65. The van der Waals surface area contributed by atoms with Gasteiger partial charge >= 0.3 is 0 Å². The number of anilines is 1. The molecule has 2 amide bonds. The van der Waals surface area contributed by atoms with Gasteiger partial charge in [-0.2, -0.15) is 0 Å². The molecule has 1 aromatic heterocycles. The number of carbonyl (C=O) groups excluding carboxylic acids is 2. The molecule has 4 fully saturated rings. The summed E-state index contributed by atoms with van der Waals surface area (Å²) >= 11 is 0. The molecule has 156 valence electrons. The van der Waals surface area contributed by atoms with Crippen LogP contribution in [0.15, 0.2) is 18.3 Å². The predicted molar refractivity (Wildman–Crippen MR) is 111 cm³/mol. The molecule has 2 aliphatic carbocycles. The Morgan fingerprint density at radius 1 is 1.17 bits per heavy atom. The van der Waals surface area contributed by atoms with Crippen LogP contribution in [0, 0.1) is 24.7 Å². The zero-order valence-corrected chi connectivity index (χ0v) is 17.6. The molecular formula is C23H32N4O2. The predicted octanol–water partition coefficient (Wildman–Crippen LogP) is 2.47. The summed E-state index contributed by atoms with van der Waals surface area (Å²) < 4.78 is 0. The average molecular weight is 397 g/mol. The first kappa shape index (κ1) is 19.0. The maximum atomic E-state index is 13.8. The number of rotatable bonds is 4. The maximum absolute atomic E-state index is 13.8. The van der Waals surface area contributed by atoms with Crippen LogP contribution in [0.5, 0.6) is 0 Å². The van der Waals surface area contributed by atoms with Crippen molar-refractivity contribution in [2.75, 3.05) is 37.6 Å². The molecule has 1 spiro atoms. The van der Waals surface area contributed by atoms with Crippen molar-refractivity contribution < 1.29 is 9.59 Å². The van der Waals surface area contributed by atoms with E-state index in [-0.39, 0.29) is 11.8 Å². The van der Waals surface area contributed by atoms with Crippen molar-refractivity contribution in [1.82, 2.24) is 14.8 Å². The molecule has 0 aromatic carbocycles. The summed E-state index contributed by atoms with van der Waals surface area (Å²) in [4.78, 5) is 37.4. The molecule has 2 saturated carbocycles. The van der Waals surface area contributed by atoms with Gasteiger partial charge in [0, 0.05) is 44.3 Å². The number of piperazine rings is 1. The number of hydrogen-bond acceptors (Lipinski definition) is 4. The third kappa shape index (κ3) is 3.45. The second kappa shape index (κ2) is 7.08. The summed E-state index contributed by atoms with van der Waals surface area (Å²) in [5, 5.41) is 0. The smallest absolute Gasteiger partial charge is 0.247 e. The lowest BCUT2D eigenvalue weighted by Crippen LogP contribution is -2.69. The third-order valence-corrected chi connectivity index (χ3v) is 7.55. The molecular weight excluding hydrogens is 364 g/mol. The van der Waals surface area contributed by atoms with Gasteiger partial charge in [-0.25, -0.2) is 0 Å². The molecule has 0 radical (unpaired) electrons. The molecule has 29 heavy (non-hydrogen) atoms. The molecule has 4 aliphatic rings. The number of piperidine rings is 1. The fraction of sp³-hybridized carbons (Fsp3) is 0.696. The van der Waals surface area contributed by atoms with Gasteiger partial charge in [-0.3, -0.25) is 19.5 Å². The number of pyridine rings is 1. The SMILES string of the molecule is Cc1ccc(N2CCN(CC3CC3)C3(CCN(C(=O)[C@H]4C[C@@H]4C)CC3)C2=O)cn1. The summed E-state index contributed by atoms with van der Waals surface area (Å²) in [5.74, 6) is 2.03. The molecule has 2 atom stereocenters. The monoisotopic (exact) mass is 396 g/mol. The topological polar surface area (TPSA) is 56.8 Å². The zero-order valence-electron chi connectivity index (χ0n) is 17.6. The molecule has 6 nitrogen and oxygen atoms in total. The fourth-order valence-electron chi connectivity index (χ4n) is 5.19. The highest BCUT2D eigenvalue weighted by atomic mass is 16.2. The summed E-state index contributed by atoms with van der Waals surface area (Å²) in [5.41, 5.74) is 1.40. The second-order valence-corrected chi connectivity index (χ2v) is 9.68. The van der Waals surface area contributed by atoms with Gasteiger partial charge in [0.25, 0.3) is 0 Å². The molecule has 0 bridgehead atoms. The summed E-state index contributed by atoms with van der Waals surface area (Å²) in [6, 6.07) is 3.99. The third-order valence-electron chi connectivity index (χ3n) is 7.55. The minimum atomic E-state index is -0.461. The fourth-order valence-corrected chi connectivity index (χ4v) is 5.19. The Morgan fingerprint density at radius 3 is 2.48 bits per heavy atom. The van der Waals surface area contributed by atoms with Crippen molar-refractivity contribution in [3.8, 4) is 0 Å². The van der Waals surface area contributed by atoms with Crippen LogP contribution in [0.1, 0.15) is 44.7 Å². The molecule has 0 unspecified atom stereocenters. The number of likely N-dealkylation sites (tertiary alicyclic amines) is 1. The van der Waals surface area contributed by atoms with E-state index in [1.807, 2.05) is 35.1 Å². The Bertz CT molecular complexity index is 796. The normalized spacial score (nSPS) is 29.4. The van der Waals surface area contributed by atoms with Crippen molar-refractivity contribution in [3.63, 3.8) is 0 Å². The first-order chi connectivity index (χ1) is 14.0. The van der Waals surface area contributed by atoms with E-state index in [0.717, 1.165) is 56.2 Å². The Balaban J connectivity index is 1.36. The van der Waals surface area contributed by atoms with Crippen LogP contribution < -0.4 is 4.90 Å². The maximum Gasteiger partial charge on any atom is 0.247 e. The van der Waals surface area contributed by atoms with Crippen LogP contribution in [0.4, 0.5) is 5.69 Å². The van der Waals surface area contributed by atoms with Crippen LogP contribution in [-0.4, -0.2) is 64.9 Å². The molecule has 6 heteroatoms. The minimum absolute atomic E-state index is 0.210. The van der Waals surface area contributed by atoms with E-state index in [1.54, 1.807) is 0 Å². The quantitative estimate of drug-likeness (QED) is 0.785. The number of amides is 2. The van der Waals surface area contributed by atoms with E-state index < -0.39 is 5.54 Å². The molecule has 3 heterocycles. The highest BCUT2D eigenvalue weighted by Crippen LogP contribution is 2.42. The van der Waals surface area contributed by atoms with Crippen LogP contribution in [0.2, 0.25) is 0 Å². The number of aryl methyl sites for hydroxylation is 1. The molecule has 5 rings (SSSR count). The lowest BCUT2D eigenvalue weighted by Gasteiger charge is -2.53. The van der Waals surface area contributed by atoms with Crippen LogP contribution in [0.3, 0.4) is 0 Å². The molecule has 2 saturated heterocycles. The average Bonchev–Trinajstić information content (AvgIpc) is 3.65. The van der Waals surface area contributed by atoms with Gasteiger partial charge in [-0.1, -0.05) is 6.92 Å². The van der Waals surface area contributed by atoms with Crippen molar-refractivity contribution in [1.29, 1.82) is 0 Å². The van der Waals surface area contributed by atoms with Crippen LogP contribution >= 0.6 is 0 Å². The first-order valence-corrected chi connectivity index (χ1v) is 11.3. The lowest BCUT2D eigenvalue weighted by atomic mass is 9.81. The summed E-state index contributed by atoms with van der Waals surface area (Å²) in [7, 11) is 0. The van der Waals surface area contributed by atoms with E-state index in [0.29, 0.717) is 24.9 Å². The molecule has 2 aliphatic heterocycles. The number of aromatic nitrogens is 1.